The van der Waals surface area contributed by atoms with Gasteiger partial charge in [-0.2, -0.15) is 0 Å². The molecule has 6 nitrogen and oxygen atoms in total. The van der Waals surface area contributed by atoms with Crippen LogP contribution in [0.25, 0.3) is 22.4 Å². The molecule has 30 heavy (non-hydrogen) atoms. The van der Waals surface area contributed by atoms with Gasteiger partial charge in [0.25, 0.3) is 5.91 Å². The van der Waals surface area contributed by atoms with E-state index in [9.17, 15) is 9.18 Å². The topological polar surface area (TPSA) is 73.0 Å². The van der Waals surface area contributed by atoms with Gasteiger partial charge in [-0.05, 0) is 59.1 Å². The van der Waals surface area contributed by atoms with Crippen LogP contribution in [0.2, 0.25) is 0 Å². The van der Waals surface area contributed by atoms with Gasteiger partial charge in [0.05, 0.1) is 10.0 Å². The molecule has 0 radical (unpaired) electrons. The van der Waals surface area contributed by atoms with Crippen LogP contribution < -0.4 is 5.32 Å². The van der Waals surface area contributed by atoms with E-state index in [0.717, 1.165) is 47.9 Å². The van der Waals surface area contributed by atoms with Gasteiger partial charge in [0.15, 0.2) is 11.6 Å². The first-order valence-corrected chi connectivity index (χ1v) is 10.6. The number of rotatable bonds is 3. The van der Waals surface area contributed by atoms with Crippen molar-refractivity contribution >= 4 is 38.5 Å². The highest BCUT2D eigenvalue weighted by atomic mass is 79.9. The third-order valence-electron chi connectivity index (χ3n) is 5.29. The lowest BCUT2D eigenvalue weighted by Crippen LogP contribution is -2.11. The molecular formula is C22H18BrFN4O2. The number of furan rings is 1. The summed E-state index contributed by atoms with van der Waals surface area (Å²) in [4.78, 5) is 12.7. The fourth-order valence-corrected chi connectivity index (χ4v) is 4.25. The first kappa shape index (κ1) is 19.0. The Morgan fingerprint density at radius 2 is 2.03 bits per heavy atom. The van der Waals surface area contributed by atoms with Gasteiger partial charge in [-0.25, -0.2) is 4.39 Å². The molecule has 0 bridgehead atoms. The fourth-order valence-electron chi connectivity index (χ4n) is 3.79. The zero-order valence-corrected chi connectivity index (χ0v) is 17.6. The molecule has 1 amide bonds. The van der Waals surface area contributed by atoms with Crippen molar-refractivity contribution in [2.45, 2.75) is 32.2 Å². The number of hydrogen-bond acceptors (Lipinski definition) is 4. The number of aromatic nitrogens is 3. The van der Waals surface area contributed by atoms with Crippen molar-refractivity contribution in [1.29, 1.82) is 0 Å². The van der Waals surface area contributed by atoms with Crippen LogP contribution in [-0.4, -0.2) is 20.7 Å². The lowest BCUT2D eigenvalue weighted by atomic mass is 10.1. The quantitative estimate of drug-likeness (QED) is 0.426. The van der Waals surface area contributed by atoms with Crippen LogP contribution in [0.4, 0.5) is 10.1 Å². The van der Waals surface area contributed by atoms with E-state index in [4.69, 9.17) is 4.42 Å². The molecule has 0 aliphatic carbocycles. The maximum atomic E-state index is 14.6. The van der Waals surface area contributed by atoms with Crippen LogP contribution in [0, 0.1) is 5.82 Å². The molecule has 8 heteroatoms. The molecule has 2 aromatic carbocycles. The molecule has 1 N–H and O–H groups in total. The second-order valence-electron chi connectivity index (χ2n) is 7.32. The van der Waals surface area contributed by atoms with Crippen LogP contribution in [0.5, 0.6) is 0 Å². The summed E-state index contributed by atoms with van der Waals surface area (Å²) < 4.78 is 23.1. The van der Waals surface area contributed by atoms with E-state index in [1.165, 1.54) is 12.1 Å². The summed E-state index contributed by atoms with van der Waals surface area (Å²) in [5, 5.41) is 12.1. The number of para-hydroxylation sites is 1. The van der Waals surface area contributed by atoms with Gasteiger partial charge in [0.2, 0.25) is 0 Å². The number of fused-ring (bicyclic) bond motifs is 2. The molecular weight excluding hydrogens is 451 g/mol. The van der Waals surface area contributed by atoms with E-state index in [1.807, 2.05) is 22.8 Å². The largest absolute Gasteiger partial charge is 0.450 e. The Kier molecular flexibility index (Phi) is 4.86. The van der Waals surface area contributed by atoms with Crippen molar-refractivity contribution in [3.8, 4) is 11.4 Å². The number of carbonyl (C=O) groups excluding carboxylic acids is 1. The Morgan fingerprint density at radius 1 is 1.13 bits per heavy atom. The molecule has 1 aliphatic rings. The van der Waals surface area contributed by atoms with E-state index in [1.54, 1.807) is 12.1 Å². The van der Waals surface area contributed by atoms with Gasteiger partial charge in [0.1, 0.15) is 17.2 Å². The summed E-state index contributed by atoms with van der Waals surface area (Å²) in [6.07, 6.45) is 4.03. The summed E-state index contributed by atoms with van der Waals surface area (Å²) in [7, 11) is 0. The van der Waals surface area contributed by atoms with Gasteiger partial charge in [-0.1, -0.05) is 18.6 Å². The van der Waals surface area contributed by atoms with Crippen LogP contribution in [-0.2, 0) is 13.0 Å². The predicted molar refractivity (Wildman–Crippen MR) is 115 cm³/mol. The number of halogens is 2. The molecule has 5 rings (SSSR count). The molecule has 3 heterocycles. The smallest absolute Gasteiger partial charge is 0.291 e. The highest BCUT2D eigenvalue weighted by Crippen LogP contribution is 2.29. The standard InChI is InChI=1S/C22H18BrFN4O2/c23-16-6-4-5-13-11-18(30-20(13)16)22(29)25-14-8-9-17(24)15(12-14)21-27-26-19-7-2-1-3-10-28(19)21/h4-6,8-9,11-12H,1-3,7,10H2,(H,25,29). The normalized spacial score (nSPS) is 13.8. The first-order chi connectivity index (χ1) is 14.6. The van der Waals surface area contributed by atoms with Crippen LogP contribution in [0.1, 0.15) is 35.6 Å². The van der Waals surface area contributed by atoms with Gasteiger partial charge in [0, 0.05) is 24.0 Å². The average molecular weight is 469 g/mol. The number of nitrogens with zero attached hydrogens (tertiary/aromatic N) is 3. The van der Waals surface area contributed by atoms with Crippen molar-refractivity contribution in [2.24, 2.45) is 0 Å². The molecule has 0 saturated carbocycles. The monoisotopic (exact) mass is 468 g/mol. The maximum absolute atomic E-state index is 14.6. The predicted octanol–water partition coefficient (Wildman–Crippen LogP) is 5.57. The number of nitrogens with one attached hydrogen (secondary N) is 1. The zero-order chi connectivity index (χ0) is 20.7. The Balaban J connectivity index is 1.45. The summed E-state index contributed by atoms with van der Waals surface area (Å²) in [5.74, 6) is 0.743. The van der Waals surface area contributed by atoms with Crippen molar-refractivity contribution in [1.82, 2.24) is 14.8 Å². The summed E-state index contributed by atoms with van der Waals surface area (Å²) >= 11 is 3.42. The summed E-state index contributed by atoms with van der Waals surface area (Å²) in [5.41, 5.74) is 1.39. The van der Waals surface area contributed by atoms with Crippen molar-refractivity contribution < 1.29 is 13.6 Å². The Morgan fingerprint density at radius 3 is 2.90 bits per heavy atom. The number of hydrogen-bond donors (Lipinski definition) is 1. The molecule has 2 aromatic heterocycles. The summed E-state index contributed by atoms with van der Waals surface area (Å²) in [6, 6.07) is 11.7. The van der Waals surface area contributed by atoms with E-state index >= 15 is 0 Å². The van der Waals surface area contributed by atoms with Crippen molar-refractivity contribution in [3.05, 3.63) is 64.3 Å². The van der Waals surface area contributed by atoms with Gasteiger partial charge in [-0.3, -0.25) is 4.79 Å². The van der Waals surface area contributed by atoms with Crippen LogP contribution in [0.3, 0.4) is 0 Å². The molecule has 0 atom stereocenters. The second-order valence-corrected chi connectivity index (χ2v) is 8.17. The number of carbonyl (C=O) groups is 1. The average Bonchev–Trinajstić information content (AvgIpc) is 3.28. The molecule has 1 aliphatic heterocycles. The van der Waals surface area contributed by atoms with Gasteiger partial charge < -0.3 is 14.3 Å². The first-order valence-electron chi connectivity index (χ1n) is 9.81. The lowest BCUT2D eigenvalue weighted by molar-refractivity contribution is 0.0998. The van der Waals surface area contributed by atoms with Crippen molar-refractivity contribution in [3.63, 3.8) is 0 Å². The number of aryl methyl sites for hydroxylation is 1. The minimum absolute atomic E-state index is 0.180. The van der Waals surface area contributed by atoms with Crippen LogP contribution >= 0.6 is 15.9 Å². The van der Waals surface area contributed by atoms with E-state index in [-0.39, 0.29) is 5.76 Å². The Bertz CT molecular complexity index is 1260. The van der Waals surface area contributed by atoms with Crippen LogP contribution in [0.15, 0.2) is 51.4 Å². The molecule has 152 valence electrons. The molecule has 0 unspecified atom stereocenters. The highest BCUT2D eigenvalue weighted by Gasteiger charge is 2.20. The third-order valence-corrected chi connectivity index (χ3v) is 5.92. The highest BCUT2D eigenvalue weighted by molar-refractivity contribution is 9.10. The number of anilines is 1. The van der Waals surface area contributed by atoms with Gasteiger partial charge in [-0.15, -0.1) is 10.2 Å². The van der Waals surface area contributed by atoms with E-state index in [2.05, 4.69) is 31.4 Å². The molecule has 0 spiro atoms. The minimum Gasteiger partial charge on any atom is -0.450 e. The Hall–Kier alpha value is -3.00. The number of benzene rings is 2. The van der Waals surface area contributed by atoms with Crippen molar-refractivity contribution in [2.75, 3.05) is 5.32 Å². The van der Waals surface area contributed by atoms with E-state index < -0.39 is 11.7 Å². The van der Waals surface area contributed by atoms with Gasteiger partial charge >= 0.3 is 0 Å². The fraction of sp³-hybridized carbons (Fsp3) is 0.227. The minimum atomic E-state index is -0.407. The lowest BCUT2D eigenvalue weighted by Gasteiger charge is -2.10. The molecule has 4 aromatic rings. The maximum Gasteiger partial charge on any atom is 0.291 e. The SMILES string of the molecule is O=C(Nc1ccc(F)c(-c2nnc3n2CCCCC3)c1)c1cc2cccc(Br)c2o1. The molecule has 0 fully saturated rings. The number of amides is 1. The zero-order valence-electron chi connectivity index (χ0n) is 16.0. The molecule has 0 saturated heterocycles. The Labute approximate surface area is 180 Å². The second kappa shape index (κ2) is 7.68. The van der Waals surface area contributed by atoms with E-state index in [0.29, 0.717) is 22.7 Å². The third kappa shape index (κ3) is 3.41. The summed E-state index contributed by atoms with van der Waals surface area (Å²) in [6.45, 7) is 0.765.